The van der Waals surface area contributed by atoms with Crippen molar-refractivity contribution in [1.29, 1.82) is 0 Å². The molecule has 1 amide bonds. The van der Waals surface area contributed by atoms with E-state index in [0.29, 0.717) is 6.42 Å². The largest absolute Gasteiger partial charge is 0.338 e. The molecule has 190 valence electrons. The van der Waals surface area contributed by atoms with E-state index in [2.05, 4.69) is 10.3 Å². The number of hydrogen-bond donors (Lipinski definition) is 2. The number of carbonyl (C=O) groups is 1. The van der Waals surface area contributed by atoms with Crippen molar-refractivity contribution in [3.05, 3.63) is 149 Å². The summed E-state index contributed by atoms with van der Waals surface area (Å²) in [6, 6.07) is 36.0. The average molecular weight is 522 g/mol. The zero-order valence-electron chi connectivity index (χ0n) is 20.8. The Morgan fingerprint density at radius 1 is 0.816 bits per heavy atom. The van der Waals surface area contributed by atoms with Gasteiger partial charge in [-0.1, -0.05) is 103 Å². The molecule has 0 radical (unpaired) electrons. The maximum atomic E-state index is 13.6. The summed E-state index contributed by atoms with van der Waals surface area (Å²) in [4.78, 5) is 18.9. The number of nitrogens with zero attached hydrogens (tertiary/aromatic N) is 1. The molecule has 0 saturated carbocycles. The lowest BCUT2D eigenvalue weighted by atomic mass is 9.77. The molecule has 0 fully saturated rings. The SMILES string of the molecule is NC(CCC(=O)NC(c1ccccc1)(c1ccccc1)c1ccccc1)c1ncc(-c2ccc(F)cc2)s1. The number of aromatic nitrogens is 1. The highest BCUT2D eigenvalue weighted by molar-refractivity contribution is 7.15. The van der Waals surface area contributed by atoms with Crippen molar-refractivity contribution in [2.24, 2.45) is 5.73 Å². The van der Waals surface area contributed by atoms with Crippen LogP contribution in [0.25, 0.3) is 10.4 Å². The number of nitrogens with two attached hydrogens (primary N) is 1. The molecule has 5 rings (SSSR count). The number of nitrogens with one attached hydrogen (secondary N) is 1. The van der Waals surface area contributed by atoms with Crippen LogP contribution in [0.15, 0.2) is 121 Å². The van der Waals surface area contributed by atoms with Crippen molar-refractivity contribution in [2.45, 2.75) is 24.4 Å². The second-order valence-electron chi connectivity index (χ2n) is 9.11. The highest BCUT2D eigenvalue weighted by Crippen LogP contribution is 2.37. The lowest BCUT2D eigenvalue weighted by molar-refractivity contribution is -0.122. The van der Waals surface area contributed by atoms with Crippen LogP contribution in [0, 0.1) is 5.82 Å². The molecule has 5 aromatic rings. The van der Waals surface area contributed by atoms with Crippen molar-refractivity contribution in [2.75, 3.05) is 0 Å². The van der Waals surface area contributed by atoms with Crippen molar-refractivity contribution in [3.8, 4) is 10.4 Å². The lowest BCUT2D eigenvalue weighted by Gasteiger charge is -2.37. The number of halogens is 1. The number of benzene rings is 4. The first-order valence-electron chi connectivity index (χ1n) is 12.5. The van der Waals surface area contributed by atoms with Crippen LogP contribution in [0.2, 0.25) is 0 Å². The average Bonchev–Trinajstić information content (AvgIpc) is 3.47. The molecule has 1 aromatic heterocycles. The van der Waals surface area contributed by atoms with Crippen LogP contribution in [0.1, 0.15) is 40.6 Å². The van der Waals surface area contributed by atoms with Crippen molar-refractivity contribution >= 4 is 17.2 Å². The van der Waals surface area contributed by atoms with Crippen LogP contribution in [-0.2, 0) is 10.3 Å². The summed E-state index contributed by atoms with van der Waals surface area (Å²) in [6.07, 6.45) is 2.43. The standard InChI is InChI=1S/C32H28FN3OS/c33-27-18-16-23(17-19-27)29-22-35-31(38-29)28(34)20-21-30(37)36-32(24-10-4-1-5-11-24,25-12-6-2-7-13-25)26-14-8-3-9-15-26/h1-19,22,28H,20-21,34H2,(H,36,37). The molecule has 0 aliphatic rings. The third-order valence-electron chi connectivity index (χ3n) is 6.60. The van der Waals surface area contributed by atoms with E-state index in [1.165, 1.54) is 23.5 Å². The quantitative estimate of drug-likeness (QED) is 0.209. The maximum Gasteiger partial charge on any atom is 0.221 e. The molecule has 38 heavy (non-hydrogen) atoms. The fourth-order valence-corrected chi connectivity index (χ4v) is 5.63. The molecule has 0 aliphatic heterocycles. The summed E-state index contributed by atoms with van der Waals surface area (Å²) in [6.45, 7) is 0. The van der Waals surface area contributed by atoms with Gasteiger partial charge in [0.05, 0.1) is 10.9 Å². The van der Waals surface area contributed by atoms with Gasteiger partial charge in [-0.15, -0.1) is 11.3 Å². The molecule has 0 aliphatic carbocycles. The van der Waals surface area contributed by atoms with E-state index in [-0.39, 0.29) is 24.2 Å². The van der Waals surface area contributed by atoms with Crippen LogP contribution >= 0.6 is 11.3 Å². The zero-order valence-corrected chi connectivity index (χ0v) is 21.6. The summed E-state index contributed by atoms with van der Waals surface area (Å²) in [5, 5.41) is 4.12. The van der Waals surface area contributed by atoms with Gasteiger partial charge in [-0.3, -0.25) is 4.79 Å². The van der Waals surface area contributed by atoms with Gasteiger partial charge in [0.1, 0.15) is 16.4 Å². The smallest absolute Gasteiger partial charge is 0.221 e. The van der Waals surface area contributed by atoms with Gasteiger partial charge in [0.2, 0.25) is 5.91 Å². The van der Waals surface area contributed by atoms with Crippen LogP contribution in [-0.4, -0.2) is 10.9 Å². The molecule has 0 bridgehead atoms. The predicted octanol–water partition coefficient (Wildman–Crippen LogP) is 6.84. The van der Waals surface area contributed by atoms with Crippen LogP contribution in [0.4, 0.5) is 4.39 Å². The number of amides is 1. The molecule has 3 N–H and O–H groups in total. The van der Waals surface area contributed by atoms with E-state index in [4.69, 9.17) is 5.73 Å². The Morgan fingerprint density at radius 2 is 1.32 bits per heavy atom. The summed E-state index contributed by atoms with van der Waals surface area (Å²) in [7, 11) is 0. The molecule has 4 nitrogen and oxygen atoms in total. The van der Waals surface area contributed by atoms with E-state index in [1.807, 2.05) is 91.0 Å². The number of carbonyl (C=O) groups excluding carboxylic acids is 1. The first-order valence-corrected chi connectivity index (χ1v) is 13.3. The Bertz CT molecular complexity index is 1380. The van der Waals surface area contributed by atoms with E-state index >= 15 is 0 Å². The Balaban J connectivity index is 1.38. The normalized spacial score (nSPS) is 12.2. The molecule has 1 heterocycles. The zero-order chi connectivity index (χ0) is 26.4. The van der Waals surface area contributed by atoms with E-state index in [9.17, 15) is 9.18 Å². The Morgan fingerprint density at radius 3 is 1.82 bits per heavy atom. The van der Waals surface area contributed by atoms with Gasteiger partial charge < -0.3 is 11.1 Å². The summed E-state index contributed by atoms with van der Waals surface area (Å²) in [5.74, 6) is -0.383. The van der Waals surface area contributed by atoms with Crippen molar-refractivity contribution in [1.82, 2.24) is 10.3 Å². The Hall–Kier alpha value is -4.13. The third kappa shape index (κ3) is 5.42. The second-order valence-corrected chi connectivity index (χ2v) is 10.2. The van der Waals surface area contributed by atoms with Crippen LogP contribution in [0.3, 0.4) is 0 Å². The monoisotopic (exact) mass is 521 g/mol. The lowest BCUT2D eigenvalue weighted by Crippen LogP contribution is -2.47. The van der Waals surface area contributed by atoms with Gasteiger partial charge in [-0.05, 0) is 40.8 Å². The van der Waals surface area contributed by atoms with Gasteiger partial charge in [0.15, 0.2) is 0 Å². The molecule has 1 atom stereocenters. The minimum atomic E-state index is -0.859. The first kappa shape index (κ1) is 25.5. The van der Waals surface area contributed by atoms with Crippen LogP contribution in [0.5, 0.6) is 0 Å². The molecule has 0 saturated heterocycles. The Labute approximate surface area is 226 Å². The minimum Gasteiger partial charge on any atom is -0.338 e. The Kier molecular flexibility index (Phi) is 7.73. The third-order valence-corrected chi connectivity index (χ3v) is 7.78. The van der Waals surface area contributed by atoms with Crippen LogP contribution < -0.4 is 11.1 Å². The summed E-state index contributed by atoms with van der Waals surface area (Å²) >= 11 is 1.47. The van der Waals surface area contributed by atoms with Gasteiger partial charge in [0.25, 0.3) is 0 Å². The van der Waals surface area contributed by atoms with E-state index in [0.717, 1.165) is 32.1 Å². The number of rotatable bonds is 9. The fourth-order valence-electron chi connectivity index (χ4n) is 4.67. The van der Waals surface area contributed by atoms with Gasteiger partial charge >= 0.3 is 0 Å². The number of hydrogen-bond acceptors (Lipinski definition) is 4. The van der Waals surface area contributed by atoms with Gasteiger partial charge in [0, 0.05) is 12.6 Å². The molecule has 4 aromatic carbocycles. The molecule has 6 heteroatoms. The molecule has 0 spiro atoms. The molecular formula is C32H28FN3OS. The predicted molar refractivity (Wildman–Crippen MR) is 151 cm³/mol. The van der Waals surface area contributed by atoms with Gasteiger partial charge in [-0.2, -0.15) is 0 Å². The minimum absolute atomic E-state index is 0.104. The fraction of sp³-hybridized carbons (Fsp3) is 0.125. The molecule has 1 unspecified atom stereocenters. The van der Waals surface area contributed by atoms with E-state index in [1.54, 1.807) is 18.3 Å². The summed E-state index contributed by atoms with van der Waals surface area (Å²) in [5.41, 5.74) is 9.41. The topological polar surface area (TPSA) is 68.0 Å². The van der Waals surface area contributed by atoms with E-state index < -0.39 is 5.54 Å². The first-order chi connectivity index (χ1) is 18.6. The summed E-state index contributed by atoms with van der Waals surface area (Å²) < 4.78 is 13.3. The highest BCUT2D eigenvalue weighted by Gasteiger charge is 2.37. The second kappa shape index (κ2) is 11.5. The van der Waals surface area contributed by atoms with Crippen molar-refractivity contribution in [3.63, 3.8) is 0 Å². The highest BCUT2D eigenvalue weighted by atomic mass is 32.1. The number of thiazole rings is 1. The molecular weight excluding hydrogens is 493 g/mol. The van der Waals surface area contributed by atoms with Crippen molar-refractivity contribution < 1.29 is 9.18 Å². The van der Waals surface area contributed by atoms with Gasteiger partial charge in [-0.25, -0.2) is 9.37 Å². The maximum absolute atomic E-state index is 13.6.